The van der Waals surface area contributed by atoms with Gasteiger partial charge in [-0.3, -0.25) is 5.01 Å². The third-order valence-electron chi connectivity index (χ3n) is 1.55. The molecule has 1 rings (SSSR count). The number of hydrogen-bond donors (Lipinski definition) is 1. The van der Waals surface area contributed by atoms with Gasteiger partial charge in [0.1, 0.15) is 0 Å². The molecule has 0 unspecified atom stereocenters. The lowest BCUT2D eigenvalue weighted by Crippen LogP contribution is -2.46. The minimum Gasteiger partial charge on any atom is -0.350 e. The molecule has 0 saturated heterocycles. The number of urea groups is 1. The molecule has 4 heteroatoms. The van der Waals surface area contributed by atoms with Crippen molar-refractivity contribution in [3.05, 3.63) is 0 Å². The van der Waals surface area contributed by atoms with E-state index in [1.807, 2.05) is 14.1 Å². The smallest absolute Gasteiger partial charge is 0.329 e. The maximum atomic E-state index is 10.7. The van der Waals surface area contributed by atoms with Gasteiger partial charge in [0.15, 0.2) is 0 Å². The van der Waals surface area contributed by atoms with E-state index in [0.29, 0.717) is 6.04 Å². The van der Waals surface area contributed by atoms with Crippen LogP contribution in [-0.2, 0) is 0 Å². The fraction of sp³-hybridized carbons (Fsp3) is 0.833. The van der Waals surface area contributed by atoms with Crippen LogP contribution in [0, 0.1) is 0 Å². The molecule has 1 aliphatic carbocycles. The van der Waals surface area contributed by atoms with Crippen molar-refractivity contribution in [3.63, 3.8) is 0 Å². The Hall–Kier alpha value is -0.770. The molecule has 0 heterocycles. The average Bonchev–Trinajstić information content (AvgIpc) is 2.46. The maximum Gasteiger partial charge on any atom is 0.329 e. The molecule has 2 N–H and O–H groups in total. The Morgan fingerprint density at radius 3 is 2.10 bits per heavy atom. The molecule has 0 bridgehead atoms. The molecule has 10 heavy (non-hydrogen) atoms. The highest BCUT2D eigenvalue weighted by Crippen LogP contribution is 2.26. The van der Waals surface area contributed by atoms with Gasteiger partial charge in [0.05, 0.1) is 6.04 Å². The van der Waals surface area contributed by atoms with Gasteiger partial charge >= 0.3 is 6.03 Å². The van der Waals surface area contributed by atoms with Gasteiger partial charge in [-0.1, -0.05) is 0 Å². The Bertz CT molecular complexity index is 140. The van der Waals surface area contributed by atoms with E-state index in [1.54, 1.807) is 10.0 Å². The van der Waals surface area contributed by atoms with Crippen LogP contribution in [0.4, 0.5) is 4.79 Å². The number of rotatable bonds is 2. The molecule has 1 aliphatic rings. The molecule has 0 aromatic carbocycles. The summed E-state index contributed by atoms with van der Waals surface area (Å²) in [6.45, 7) is 0. The first-order valence-electron chi connectivity index (χ1n) is 3.39. The van der Waals surface area contributed by atoms with Crippen LogP contribution in [0.5, 0.6) is 0 Å². The van der Waals surface area contributed by atoms with Crippen LogP contribution >= 0.6 is 0 Å². The van der Waals surface area contributed by atoms with Crippen molar-refractivity contribution in [1.82, 2.24) is 10.0 Å². The lowest BCUT2D eigenvalue weighted by Gasteiger charge is -2.26. The van der Waals surface area contributed by atoms with Crippen molar-refractivity contribution in [2.75, 3.05) is 14.1 Å². The monoisotopic (exact) mass is 143 g/mol. The second-order valence-electron chi connectivity index (χ2n) is 2.76. The molecule has 0 aromatic heterocycles. The normalized spacial score (nSPS) is 17.5. The van der Waals surface area contributed by atoms with Crippen molar-refractivity contribution >= 4 is 6.03 Å². The Morgan fingerprint density at radius 1 is 1.50 bits per heavy atom. The highest BCUT2D eigenvalue weighted by molar-refractivity contribution is 5.72. The first-order valence-corrected chi connectivity index (χ1v) is 3.39. The minimum atomic E-state index is -0.354. The fourth-order valence-corrected chi connectivity index (χ4v) is 1.02. The van der Waals surface area contributed by atoms with E-state index in [-0.39, 0.29) is 6.03 Å². The number of primary amides is 1. The Kier molecular flexibility index (Phi) is 1.80. The zero-order chi connectivity index (χ0) is 7.72. The van der Waals surface area contributed by atoms with Crippen LogP contribution in [0.15, 0.2) is 0 Å². The molecular formula is C6H13N3O. The molecule has 0 spiro atoms. The van der Waals surface area contributed by atoms with Gasteiger partial charge in [0.2, 0.25) is 0 Å². The van der Waals surface area contributed by atoms with E-state index in [2.05, 4.69) is 0 Å². The number of carbonyl (C=O) groups excluding carboxylic acids is 1. The van der Waals surface area contributed by atoms with Crippen molar-refractivity contribution in [2.24, 2.45) is 5.73 Å². The standard InChI is InChI=1S/C6H13N3O/c1-8(2)9(6(7)10)5-3-4-5/h5H,3-4H2,1-2H3,(H2,7,10). The van der Waals surface area contributed by atoms with Gasteiger partial charge in [-0.25, -0.2) is 9.80 Å². The summed E-state index contributed by atoms with van der Waals surface area (Å²) < 4.78 is 0. The van der Waals surface area contributed by atoms with Crippen LogP contribution in [-0.4, -0.2) is 36.2 Å². The number of amides is 2. The molecule has 58 valence electrons. The van der Waals surface area contributed by atoms with E-state index in [4.69, 9.17) is 5.73 Å². The molecule has 0 aromatic rings. The summed E-state index contributed by atoms with van der Waals surface area (Å²) >= 11 is 0. The number of nitrogens with zero attached hydrogens (tertiary/aromatic N) is 2. The third-order valence-corrected chi connectivity index (χ3v) is 1.55. The Morgan fingerprint density at radius 2 is 2.00 bits per heavy atom. The van der Waals surface area contributed by atoms with Gasteiger partial charge < -0.3 is 5.73 Å². The minimum absolute atomic E-state index is 0.354. The van der Waals surface area contributed by atoms with E-state index in [9.17, 15) is 4.79 Å². The van der Waals surface area contributed by atoms with Crippen LogP contribution in [0.25, 0.3) is 0 Å². The topological polar surface area (TPSA) is 49.6 Å². The highest BCUT2D eigenvalue weighted by Gasteiger charge is 2.32. The van der Waals surface area contributed by atoms with E-state index in [1.165, 1.54) is 0 Å². The number of nitrogens with two attached hydrogens (primary N) is 1. The molecule has 1 saturated carbocycles. The van der Waals surface area contributed by atoms with Crippen molar-refractivity contribution in [3.8, 4) is 0 Å². The van der Waals surface area contributed by atoms with E-state index >= 15 is 0 Å². The molecular weight excluding hydrogens is 130 g/mol. The lowest BCUT2D eigenvalue weighted by atomic mass is 10.6. The first kappa shape index (κ1) is 7.34. The summed E-state index contributed by atoms with van der Waals surface area (Å²) in [5.74, 6) is 0. The number of carbonyl (C=O) groups is 1. The SMILES string of the molecule is CN(C)N(C(N)=O)C1CC1. The summed E-state index contributed by atoms with van der Waals surface area (Å²) in [7, 11) is 3.64. The summed E-state index contributed by atoms with van der Waals surface area (Å²) in [5, 5.41) is 3.32. The van der Waals surface area contributed by atoms with E-state index in [0.717, 1.165) is 12.8 Å². The number of hydrazine groups is 1. The summed E-state index contributed by atoms with van der Waals surface area (Å²) in [4.78, 5) is 10.7. The largest absolute Gasteiger partial charge is 0.350 e. The predicted molar refractivity (Wildman–Crippen MR) is 38.1 cm³/mol. The first-order chi connectivity index (χ1) is 4.63. The van der Waals surface area contributed by atoms with Gasteiger partial charge in [0.25, 0.3) is 0 Å². The van der Waals surface area contributed by atoms with Crippen LogP contribution in [0.2, 0.25) is 0 Å². The third kappa shape index (κ3) is 1.39. The number of hydrogen-bond acceptors (Lipinski definition) is 2. The lowest BCUT2D eigenvalue weighted by molar-refractivity contribution is 0.0610. The quantitative estimate of drug-likeness (QED) is 0.553. The van der Waals surface area contributed by atoms with Gasteiger partial charge in [0, 0.05) is 14.1 Å². The second kappa shape index (κ2) is 2.46. The van der Waals surface area contributed by atoms with E-state index < -0.39 is 0 Å². The van der Waals surface area contributed by atoms with Crippen LogP contribution < -0.4 is 5.73 Å². The van der Waals surface area contributed by atoms with Crippen molar-refractivity contribution < 1.29 is 4.79 Å². The van der Waals surface area contributed by atoms with Crippen LogP contribution in [0.3, 0.4) is 0 Å². The van der Waals surface area contributed by atoms with Crippen molar-refractivity contribution in [1.29, 1.82) is 0 Å². The molecule has 2 amide bonds. The van der Waals surface area contributed by atoms with Gasteiger partial charge in [-0.05, 0) is 12.8 Å². The van der Waals surface area contributed by atoms with Gasteiger partial charge in [-0.15, -0.1) is 0 Å². The molecule has 0 atom stereocenters. The summed E-state index contributed by atoms with van der Waals surface area (Å²) in [6, 6.07) is 0.0139. The summed E-state index contributed by atoms with van der Waals surface area (Å²) in [6.07, 6.45) is 2.17. The Labute approximate surface area is 60.5 Å². The van der Waals surface area contributed by atoms with Crippen LogP contribution in [0.1, 0.15) is 12.8 Å². The molecule has 0 radical (unpaired) electrons. The molecule has 0 aliphatic heterocycles. The van der Waals surface area contributed by atoms with Gasteiger partial charge in [-0.2, -0.15) is 0 Å². The second-order valence-corrected chi connectivity index (χ2v) is 2.76. The fourth-order valence-electron chi connectivity index (χ4n) is 1.02. The molecule has 4 nitrogen and oxygen atoms in total. The zero-order valence-electron chi connectivity index (χ0n) is 6.37. The Balaban J connectivity index is 2.49. The summed E-state index contributed by atoms with van der Waals surface area (Å²) in [5.41, 5.74) is 5.12. The average molecular weight is 143 g/mol. The predicted octanol–water partition coefficient (Wildman–Crippen LogP) is 0.00610. The highest BCUT2D eigenvalue weighted by atomic mass is 16.2. The molecule has 1 fully saturated rings. The van der Waals surface area contributed by atoms with Crippen molar-refractivity contribution in [2.45, 2.75) is 18.9 Å². The zero-order valence-corrected chi connectivity index (χ0v) is 6.37. The maximum absolute atomic E-state index is 10.7.